The van der Waals surface area contributed by atoms with E-state index in [-0.39, 0.29) is 11.1 Å². The van der Waals surface area contributed by atoms with Crippen molar-refractivity contribution in [1.82, 2.24) is 0 Å². The van der Waals surface area contributed by atoms with Gasteiger partial charge >= 0.3 is 5.97 Å². The molecular formula is C11H12F2O3. The third-order valence-corrected chi connectivity index (χ3v) is 2.19. The van der Waals surface area contributed by atoms with E-state index in [0.717, 1.165) is 12.1 Å². The fraction of sp³-hybridized carbons (Fsp3) is 0.364. The van der Waals surface area contributed by atoms with Gasteiger partial charge in [-0.25, -0.2) is 13.6 Å². The minimum Gasteiger partial charge on any atom is -0.465 e. The van der Waals surface area contributed by atoms with Gasteiger partial charge in [0, 0.05) is 12.7 Å². The van der Waals surface area contributed by atoms with Crippen molar-refractivity contribution in [2.24, 2.45) is 0 Å². The van der Waals surface area contributed by atoms with E-state index in [2.05, 4.69) is 4.74 Å². The fourth-order valence-corrected chi connectivity index (χ4v) is 1.37. The Hall–Kier alpha value is -1.49. The number of hydrogen-bond donors (Lipinski definition) is 0. The Kier molecular flexibility index (Phi) is 4.37. The molecule has 0 N–H and O–H groups in total. The first kappa shape index (κ1) is 12.6. The Morgan fingerprint density at radius 1 is 1.44 bits per heavy atom. The molecule has 1 aromatic rings. The maximum absolute atomic E-state index is 13.0. The highest BCUT2D eigenvalue weighted by molar-refractivity contribution is 5.91. The number of carbonyl (C=O) groups is 1. The van der Waals surface area contributed by atoms with E-state index in [0.29, 0.717) is 0 Å². The number of carbonyl (C=O) groups excluding carboxylic acids is 1. The fourth-order valence-electron chi connectivity index (χ4n) is 1.37. The number of hydrogen-bond acceptors (Lipinski definition) is 3. The van der Waals surface area contributed by atoms with Crippen LogP contribution in [-0.4, -0.2) is 26.9 Å². The molecule has 88 valence electrons. The third-order valence-electron chi connectivity index (χ3n) is 2.19. The van der Waals surface area contributed by atoms with Gasteiger partial charge in [-0.2, -0.15) is 0 Å². The molecule has 0 bridgehead atoms. The second-order valence-electron chi connectivity index (χ2n) is 3.10. The first-order valence-corrected chi connectivity index (χ1v) is 4.60. The molecule has 0 heterocycles. The first-order valence-electron chi connectivity index (χ1n) is 4.60. The number of ether oxygens (including phenoxy) is 2. The Morgan fingerprint density at radius 3 is 2.62 bits per heavy atom. The van der Waals surface area contributed by atoms with Crippen molar-refractivity contribution in [3.63, 3.8) is 0 Å². The van der Waals surface area contributed by atoms with Crippen LogP contribution in [0.2, 0.25) is 0 Å². The van der Waals surface area contributed by atoms with E-state index >= 15 is 0 Å². The molecule has 0 aliphatic carbocycles. The zero-order valence-electron chi connectivity index (χ0n) is 9.00. The van der Waals surface area contributed by atoms with Crippen molar-refractivity contribution in [2.75, 3.05) is 20.9 Å². The summed E-state index contributed by atoms with van der Waals surface area (Å²) in [4.78, 5) is 11.4. The predicted octanol–water partition coefficient (Wildman–Crippen LogP) is 2.27. The number of methoxy groups -OCH3 is 2. The van der Waals surface area contributed by atoms with Crippen LogP contribution in [0.3, 0.4) is 0 Å². The molecular weight excluding hydrogens is 218 g/mol. The number of benzene rings is 1. The zero-order chi connectivity index (χ0) is 12.1. The molecule has 1 rings (SSSR count). The van der Waals surface area contributed by atoms with Gasteiger partial charge in [0.25, 0.3) is 0 Å². The van der Waals surface area contributed by atoms with Gasteiger partial charge in [-0.15, -0.1) is 0 Å². The summed E-state index contributed by atoms with van der Waals surface area (Å²) in [5.41, 5.74) is 0.255. The van der Waals surface area contributed by atoms with Crippen molar-refractivity contribution >= 4 is 5.97 Å². The highest BCUT2D eigenvalue weighted by atomic mass is 19.1. The van der Waals surface area contributed by atoms with Crippen LogP contribution in [0.15, 0.2) is 18.2 Å². The lowest BCUT2D eigenvalue weighted by molar-refractivity contribution is 0.0570. The highest BCUT2D eigenvalue weighted by Crippen LogP contribution is 2.23. The summed E-state index contributed by atoms with van der Waals surface area (Å²) in [5.74, 6) is -1.20. The SMILES string of the molecule is COC(=O)c1ccc(F)cc1C(CF)OC. The molecule has 16 heavy (non-hydrogen) atoms. The maximum Gasteiger partial charge on any atom is 0.338 e. The topological polar surface area (TPSA) is 35.5 Å². The molecule has 1 atom stereocenters. The summed E-state index contributed by atoms with van der Waals surface area (Å²) >= 11 is 0. The van der Waals surface area contributed by atoms with Gasteiger partial charge in [0.15, 0.2) is 0 Å². The molecule has 0 aliphatic rings. The summed E-state index contributed by atoms with van der Waals surface area (Å²) in [6, 6.07) is 3.43. The normalized spacial score (nSPS) is 12.2. The van der Waals surface area contributed by atoms with Crippen LogP contribution in [-0.2, 0) is 9.47 Å². The van der Waals surface area contributed by atoms with Gasteiger partial charge in [-0.3, -0.25) is 0 Å². The molecule has 0 spiro atoms. The van der Waals surface area contributed by atoms with Crippen molar-refractivity contribution < 1.29 is 23.0 Å². The molecule has 0 amide bonds. The Morgan fingerprint density at radius 2 is 2.12 bits per heavy atom. The summed E-state index contributed by atoms with van der Waals surface area (Å²) in [7, 11) is 2.49. The van der Waals surface area contributed by atoms with E-state index < -0.39 is 24.6 Å². The van der Waals surface area contributed by atoms with Crippen molar-refractivity contribution in [3.8, 4) is 0 Å². The van der Waals surface area contributed by atoms with Crippen molar-refractivity contribution in [2.45, 2.75) is 6.10 Å². The summed E-state index contributed by atoms with van der Waals surface area (Å²) in [6.45, 7) is -0.843. The molecule has 0 fully saturated rings. The average Bonchev–Trinajstić information content (AvgIpc) is 2.30. The first-order chi connectivity index (χ1) is 7.63. The lowest BCUT2D eigenvalue weighted by atomic mass is 10.0. The van der Waals surface area contributed by atoms with Gasteiger partial charge in [0.05, 0.1) is 12.7 Å². The standard InChI is InChI=1S/C11H12F2O3/c1-15-10(6-12)9-5-7(13)3-4-8(9)11(14)16-2/h3-5,10H,6H2,1-2H3. The van der Waals surface area contributed by atoms with Crippen LogP contribution in [0.4, 0.5) is 8.78 Å². The largest absolute Gasteiger partial charge is 0.465 e. The number of esters is 1. The second kappa shape index (κ2) is 5.55. The van der Waals surface area contributed by atoms with Crippen LogP contribution in [0, 0.1) is 5.82 Å². The third kappa shape index (κ3) is 2.55. The van der Waals surface area contributed by atoms with Gasteiger partial charge < -0.3 is 9.47 Å². The zero-order valence-corrected chi connectivity index (χ0v) is 9.00. The maximum atomic E-state index is 13.0. The van der Waals surface area contributed by atoms with E-state index in [1.54, 1.807) is 0 Å². The molecule has 0 radical (unpaired) electrons. The van der Waals surface area contributed by atoms with Crippen molar-refractivity contribution in [1.29, 1.82) is 0 Å². The summed E-state index contributed by atoms with van der Waals surface area (Å²) in [6.07, 6.45) is -0.968. The molecule has 0 aromatic heterocycles. The van der Waals surface area contributed by atoms with Gasteiger partial charge in [0.2, 0.25) is 0 Å². The van der Waals surface area contributed by atoms with Crippen LogP contribution >= 0.6 is 0 Å². The average molecular weight is 230 g/mol. The van der Waals surface area contributed by atoms with Gasteiger partial charge in [-0.1, -0.05) is 0 Å². The minimum absolute atomic E-state index is 0.105. The highest BCUT2D eigenvalue weighted by Gasteiger charge is 2.20. The quantitative estimate of drug-likeness (QED) is 0.744. The number of rotatable bonds is 4. The second-order valence-corrected chi connectivity index (χ2v) is 3.10. The van der Waals surface area contributed by atoms with Gasteiger partial charge in [-0.05, 0) is 18.2 Å². The summed E-state index contributed by atoms with van der Waals surface area (Å²) < 4.78 is 35.0. The number of alkyl halides is 1. The lowest BCUT2D eigenvalue weighted by Gasteiger charge is -2.15. The van der Waals surface area contributed by atoms with E-state index in [1.807, 2.05) is 0 Å². The Bertz CT molecular complexity index is 375. The van der Waals surface area contributed by atoms with Crippen LogP contribution in [0.25, 0.3) is 0 Å². The molecule has 0 saturated heterocycles. The lowest BCUT2D eigenvalue weighted by Crippen LogP contribution is -2.12. The van der Waals surface area contributed by atoms with E-state index in [1.165, 1.54) is 20.3 Å². The minimum atomic E-state index is -0.968. The smallest absolute Gasteiger partial charge is 0.338 e. The van der Waals surface area contributed by atoms with Crippen LogP contribution < -0.4 is 0 Å². The van der Waals surface area contributed by atoms with E-state index in [9.17, 15) is 13.6 Å². The predicted molar refractivity (Wildman–Crippen MR) is 53.5 cm³/mol. The van der Waals surface area contributed by atoms with Crippen molar-refractivity contribution in [3.05, 3.63) is 35.1 Å². The molecule has 1 unspecified atom stereocenters. The van der Waals surface area contributed by atoms with E-state index in [4.69, 9.17) is 4.74 Å². The Labute approximate surface area is 92.0 Å². The number of halogens is 2. The monoisotopic (exact) mass is 230 g/mol. The summed E-state index contributed by atoms with van der Waals surface area (Å²) in [5, 5.41) is 0. The Balaban J connectivity index is 3.22. The van der Waals surface area contributed by atoms with Crippen LogP contribution in [0.5, 0.6) is 0 Å². The molecule has 0 aliphatic heterocycles. The molecule has 3 nitrogen and oxygen atoms in total. The molecule has 0 saturated carbocycles. The van der Waals surface area contributed by atoms with Gasteiger partial charge in [0.1, 0.15) is 18.6 Å². The molecule has 5 heteroatoms. The molecule has 1 aromatic carbocycles. The van der Waals surface area contributed by atoms with Crippen LogP contribution in [0.1, 0.15) is 22.0 Å².